The predicted octanol–water partition coefficient (Wildman–Crippen LogP) is 2.65. The second kappa shape index (κ2) is 7.80. The highest BCUT2D eigenvalue weighted by atomic mass is 19.3. The summed E-state index contributed by atoms with van der Waals surface area (Å²) in [6.45, 7) is 3.85. The Bertz CT molecular complexity index is 584. The zero-order valence-electron chi connectivity index (χ0n) is 13.2. The van der Waals surface area contributed by atoms with E-state index in [9.17, 15) is 23.2 Å². The molecule has 5 nitrogen and oxygen atoms in total. The lowest BCUT2D eigenvalue weighted by atomic mass is 9.98. The predicted molar refractivity (Wildman–Crippen MR) is 79.2 cm³/mol. The molecular formula is C16H19F2NO4. The standard InChI is InChI=1S/C16H19F2NO4/c1-4-23-15(22)16(17,18)9-14(19-11(3)21)13-7-5-12(6-8-13)10(2)20/h5-8,14H,4,9H2,1-3H3,(H,19,21). The van der Waals surface area contributed by atoms with Gasteiger partial charge in [0.1, 0.15) is 0 Å². The van der Waals surface area contributed by atoms with Crippen LogP contribution in [0.2, 0.25) is 0 Å². The molecule has 1 atom stereocenters. The number of esters is 1. The topological polar surface area (TPSA) is 72.5 Å². The summed E-state index contributed by atoms with van der Waals surface area (Å²) in [5, 5.41) is 2.39. The lowest BCUT2D eigenvalue weighted by Gasteiger charge is -2.23. The zero-order valence-corrected chi connectivity index (χ0v) is 13.2. The lowest BCUT2D eigenvalue weighted by Crippen LogP contribution is -2.37. The molecule has 1 aromatic carbocycles. The summed E-state index contributed by atoms with van der Waals surface area (Å²) in [6, 6.07) is 4.83. The second-order valence-corrected chi connectivity index (χ2v) is 5.06. The number of halogens is 2. The summed E-state index contributed by atoms with van der Waals surface area (Å²) in [6.07, 6.45) is -0.926. The van der Waals surface area contributed by atoms with Crippen LogP contribution in [0, 0.1) is 0 Å². The fourth-order valence-electron chi connectivity index (χ4n) is 2.02. The maximum absolute atomic E-state index is 13.9. The largest absolute Gasteiger partial charge is 0.462 e. The number of amides is 1. The van der Waals surface area contributed by atoms with Crippen LogP contribution in [0.1, 0.15) is 49.2 Å². The Balaban J connectivity index is 3.02. The van der Waals surface area contributed by atoms with Gasteiger partial charge in [0.15, 0.2) is 5.78 Å². The molecule has 1 rings (SSSR count). The molecule has 0 aromatic heterocycles. The molecule has 0 aliphatic rings. The molecule has 0 radical (unpaired) electrons. The molecule has 23 heavy (non-hydrogen) atoms. The van der Waals surface area contributed by atoms with E-state index in [0.29, 0.717) is 11.1 Å². The van der Waals surface area contributed by atoms with Crippen LogP contribution in [0.5, 0.6) is 0 Å². The van der Waals surface area contributed by atoms with E-state index in [1.165, 1.54) is 45.0 Å². The highest BCUT2D eigenvalue weighted by molar-refractivity contribution is 5.94. The van der Waals surface area contributed by atoms with Crippen molar-refractivity contribution in [2.75, 3.05) is 6.61 Å². The van der Waals surface area contributed by atoms with Gasteiger partial charge in [0, 0.05) is 18.9 Å². The summed E-state index contributed by atoms with van der Waals surface area (Å²) in [5.74, 6) is -6.03. The van der Waals surface area contributed by atoms with Gasteiger partial charge in [0.2, 0.25) is 5.91 Å². The fourth-order valence-corrected chi connectivity index (χ4v) is 2.02. The first kappa shape index (κ1) is 18.7. The van der Waals surface area contributed by atoms with Crippen molar-refractivity contribution in [3.05, 3.63) is 35.4 Å². The van der Waals surface area contributed by atoms with Crippen molar-refractivity contribution in [1.82, 2.24) is 5.32 Å². The van der Waals surface area contributed by atoms with Crippen LogP contribution >= 0.6 is 0 Å². The van der Waals surface area contributed by atoms with Crippen LogP contribution < -0.4 is 5.32 Å². The number of nitrogens with one attached hydrogen (secondary N) is 1. The third-order valence-corrected chi connectivity index (χ3v) is 3.13. The van der Waals surface area contributed by atoms with E-state index in [4.69, 9.17) is 0 Å². The molecule has 1 unspecified atom stereocenters. The number of benzene rings is 1. The smallest absolute Gasteiger partial charge is 0.377 e. The molecule has 7 heteroatoms. The van der Waals surface area contributed by atoms with Gasteiger partial charge < -0.3 is 10.1 Å². The zero-order chi connectivity index (χ0) is 17.6. The summed E-state index contributed by atoms with van der Waals surface area (Å²) >= 11 is 0. The Hall–Kier alpha value is -2.31. The van der Waals surface area contributed by atoms with Crippen LogP contribution in [0.3, 0.4) is 0 Å². The Kier molecular flexibility index (Phi) is 6.36. The van der Waals surface area contributed by atoms with E-state index in [0.717, 1.165) is 0 Å². The van der Waals surface area contributed by atoms with E-state index in [1.54, 1.807) is 0 Å². The van der Waals surface area contributed by atoms with Gasteiger partial charge in [-0.15, -0.1) is 0 Å². The van der Waals surface area contributed by atoms with E-state index >= 15 is 0 Å². The van der Waals surface area contributed by atoms with Gasteiger partial charge in [-0.1, -0.05) is 24.3 Å². The summed E-state index contributed by atoms with van der Waals surface area (Å²) in [5.41, 5.74) is 0.793. The van der Waals surface area contributed by atoms with Crippen LogP contribution in [-0.4, -0.2) is 30.2 Å². The minimum Gasteiger partial charge on any atom is -0.462 e. The van der Waals surface area contributed by atoms with Crippen molar-refractivity contribution in [3.63, 3.8) is 0 Å². The number of hydrogen-bond acceptors (Lipinski definition) is 4. The molecule has 0 bridgehead atoms. The maximum atomic E-state index is 13.9. The summed E-state index contributed by atoms with van der Waals surface area (Å²) in [4.78, 5) is 33.8. The maximum Gasteiger partial charge on any atom is 0.377 e. The Morgan fingerprint density at radius 3 is 2.17 bits per heavy atom. The number of ketones is 1. The fraction of sp³-hybridized carbons (Fsp3) is 0.438. The molecule has 0 aliphatic heterocycles. The minimum atomic E-state index is -3.73. The molecule has 1 N–H and O–H groups in total. The Labute approximate surface area is 133 Å². The van der Waals surface area contributed by atoms with Crippen molar-refractivity contribution in [2.24, 2.45) is 0 Å². The molecule has 0 fully saturated rings. The number of ether oxygens (including phenoxy) is 1. The number of Topliss-reactive ketones (excluding diaryl/α,β-unsaturated/α-hetero) is 1. The van der Waals surface area contributed by atoms with Crippen LogP contribution in [0.4, 0.5) is 8.78 Å². The van der Waals surface area contributed by atoms with Gasteiger partial charge in [0.25, 0.3) is 0 Å². The SMILES string of the molecule is CCOC(=O)C(F)(F)CC(NC(C)=O)c1ccc(C(C)=O)cc1. The normalized spacial score (nSPS) is 12.4. The van der Waals surface area contributed by atoms with E-state index < -0.39 is 30.3 Å². The van der Waals surface area contributed by atoms with Crippen molar-refractivity contribution in [1.29, 1.82) is 0 Å². The first-order valence-electron chi connectivity index (χ1n) is 7.10. The van der Waals surface area contributed by atoms with Gasteiger partial charge in [-0.05, 0) is 19.4 Å². The molecule has 126 valence electrons. The highest BCUT2D eigenvalue weighted by Crippen LogP contribution is 2.30. The van der Waals surface area contributed by atoms with E-state index in [-0.39, 0.29) is 12.4 Å². The van der Waals surface area contributed by atoms with E-state index in [1.807, 2.05) is 0 Å². The molecular weight excluding hydrogens is 308 g/mol. The molecule has 0 saturated heterocycles. The van der Waals surface area contributed by atoms with Crippen molar-refractivity contribution < 1.29 is 27.9 Å². The van der Waals surface area contributed by atoms with Gasteiger partial charge in [0.05, 0.1) is 12.6 Å². The average molecular weight is 327 g/mol. The first-order valence-corrected chi connectivity index (χ1v) is 7.10. The average Bonchev–Trinajstić information content (AvgIpc) is 2.46. The van der Waals surface area contributed by atoms with Crippen molar-refractivity contribution >= 4 is 17.7 Å². The lowest BCUT2D eigenvalue weighted by molar-refractivity contribution is -0.173. The third-order valence-electron chi connectivity index (χ3n) is 3.13. The van der Waals surface area contributed by atoms with Crippen LogP contribution in [0.15, 0.2) is 24.3 Å². The van der Waals surface area contributed by atoms with Crippen LogP contribution in [-0.2, 0) is 14.3 Å². The van der Waals surface area contributed by atoms with Crippen molar-refractivity contribution in [2.45, 2.75) is 39.2 Å². The number of carbonyl (C=O) groups is 3. The number of hydrogen-bond donors (Lipinski definition) is 1. The second-order valence-electron chi connectivity index (χ2n) is 5.06. The Morgan fingerprint density at radius 1 is 1.17 bits per heavy atom. The van der Waals surface area contributed by atoms with Gasteiger partial charge >= 0.3 is 11.9 Å². The minimum absolute atomic E-state index is 0.160. The van der Waals surface area contributed by atoms with E-state index in [2.05, 4.69) is 10.1 Å². The quantitative estimate of drug-likeness (QED) is 0.617. The Morgan fingerprint density at radius 2 is 1.74 bits per heavy atom. The van der Waals surface area contributed by atoms with Crippen molar-refractivity contribution in [3.8, 4) is 0 Å². The van der Waals surface area contributed by atoms with Crippen LogP contribution in [0.25, 0.3) is 0 Å². The van der Waals surface area contributed by atoms with Gasteiger partial charge in [-0.2, -0.15) is 8.78 Å². The number of carbonyl (C=O) groups excluding carboxylic acids is 3. The monoisotopic (exact) mass is 327 g/mol. The molecule has 1 amide bonds. The number of rotatable bonds is 7. The third kappa shape index (κ3) is 5.43. The molecule has 0 heterocycles. The highest BCUT2D eigenvalue weighted by Gasteiger charge is 2.43. The molecule has 0 spiro atoms. The van der Waals surface area contributed by atoms with Gasteiger partial charge in [-0.25, -0.2) is 4.79 Å². The first-order chi connectivity index (χ1) is 10.7. The van der Waals surface area contributed by atoms with Gasteiger partial charge in [-0.3, -0.25) is 9.59 Å². The summed E-state index contributed by atoms with van der Waals surface area (Å²) < 4.78 is 32.2. The molecule has 0 aliphatic carbocycles. The molecule has 0 saturated carbocycles. The molecule has 1 aromatic rings. The summed E-state index contributed by atoms with van der Waals surface area (Å²) in [7, 11) is 0. The number of alkyl halides is 2.